The van der Waals surface area contributed by atoms with Crippen LogP contribution < -0.4 is 4.90 Å². The highest BCUT2D eigenvalue weighted by atomic mass is 16.5. The summed E-state index contributed by atoms with van der Waals surface area (Å²) in [5.41, 5.74) is 0.878. The number of benzene rings is 1. The van der Waals surface area contributed by atoms with Crippen LogP contribution in [0.15, 0.2) is 30.3 Å². The minimum atomic E-state index is -0.963. The number of carboxylic acid groups (broad SMARTS) is 1. The molecule has 1 aliphatic rings. The third-order valence-electron chi connectivity index (χ3n) is 3.68. The molecule has 0 bridgehead atoms. The second-order valence-corrected chi connectivity index (χ2v) is 4.95. The van der Waals surface area contributed by atoms with Crippen molar-refractivity contribution in [2.75, 3.05) is 31.3 Å². The molecule has 1 aromatic carbocycles. The van der Waals surface area contributed by atoms with E-state index in [-0.39, 0.29) is 18.2 Å². The maximum atomic E-state index is 11.2. The predicted octanol–water partition coefficient (Wildman–Crippen LogP) is 1.13. The van der Waals surface area contributed by atoms with Gasteiger partial charge in [0.15, 0.2) is 0 Å². The van der Waals surface area contributed by atoms with Crippen molar-refractivity contribution in [1.29, 1.82) is 0 Å². The third kappa shape index (κ3) is 2.55. The molecule has 2 heterocycles. The molecule has 1 saturated heterocycles. The van der Waals surface area contributed by atoms with E-state index in [0.29, 0.717) is 30.7 Å². The fraction of sp³-hybridized carbons (Fsp3) is 0.333. The van der Waals surface area contributed by atoms with Gasteiger partial charge in [0, 0.05) is 11.9 Å². The number of aromatic carboxylic acids is 1. The first-order valence-electron chi connectivity index (χ1n) is 6.79. The fourth-order valence-corrected chi connectivity index (χ4v) is 2.60. The van der Waals surface area contributed by atoms with Crippen molar-refractivity contribution in [2.45, 2.75) is 6.04 Å². The number of hydrogen-bond donors (Lipinski definition) is 2. The lowest BCUT2D eigenvalue weighted by Crippen LogP contribution is -2.48. The van der Waals surface area contributed by atoms with Gasteiger partial charge in [-0.05, 0) is 24.3 Å². The van der Waals surface area contributed by atoms with E-state index >= 15 is 0 Å². The molecule has 6 nitrogen and oxygen atoms in total. The molecule has 110 valence electrons. The minimum Gasteiger partial charge on any atom is -0.478 e. The molecule has 1 unspecified atom stereocenters. The summed E-state index contributed by atoms with van der Waals surface area (Å²) in [6.45, 7) is 1.70. The quantitative estimate of drug-likeness (QED) is 0.881. The van der Waals surface area contributed by atoms with Gasteiger partial charge in [-0.25, -0.2) is 9.78 Å². The Hall–Kier alpha value is -2.18. The van der Waals surface area contributed by atoms with Gasteiger partial charge < -0.3 is 19.8 Å². The Bertz CT molecular complexity index is 674. The monoisotopic (exact) mass is 288 g/mol. The Morgan fingerprint density at radius 2 is 2.24 bits per heavy atom. The number of carboxylic acids is 1. The number of pyridine rings is 1. The lowest BCUT2D eigenvalue weighted by atomic mass is 10.1. The Morgan fingerprint density at radius 3 is 3.00 bits per heavy atom. The lowest BCUT2D eigenvalue weighted by molar-refractivity contribution is 0.0698. The van der Waals surface area contributed by atoms with Crippen molar-refractivity contribution in [3.05, 3.63) is 35.9 Å². The summed E-state index contributed by atoms with van der Waals surface area (Å²) in [5.74, 6) is -0.234. The van der Waals surface area contributed by atoms with Gasteiger partial charge in [0.25, 0.3) is 0 Å². The number of anilines is 1. The predicted molar refractivity (Wildman–Crippen MR) is 77.7 cm³/mol. The van der Waals surface area contributed by atoms with Crippen LogP contribution in [-0.4, -0.2) is 53.6 Å². The maximum absolute atomic E-state index is 11.2. The summed E-state index contributed by atoms with van der Waals surface area (Å²) in [6.07, 6.45) is 0. The van der Waals surface area contributed by atoms with Crippen LogP contribution in [0.4, 0.5) is 5.82 Å². The normalized spacial score (nSPS) is 18.9. The Balaban J connectivity index is 2.03. The van der Waals surface area contributed by atoms with E-state index in [1.807, 2.05) is 4.90 Å². The molecule has 6 heteroatoms. The fourth-order valence-electron chi connectivity index (χ4n) is 2.60. The molecular formula is C15H16N2O4. The van der Waals surface area contributed by atoms with Crippen molar-refractivity contribution in [2.24, 2.45) is 0 Å². The molecule has 0 spiro atoms. The molecule has 0 saturated carbocycles. The second kappa shape index (κ2) is 5.67. The number of carbonyl (C=O) groups is 1. The summed E-state index contributed by atoms with van der Waals surface area (Å²) in [7, 11) is 0. The lowest BCUT2D eigenvalue weighted by Gasteiger charge is -2.35. The topological polar surface area (TPSA) is 82.9 Å². The first-order chi connectivity index (χ1) is 10.2. The number of aliphatic hydroxyl groups is 1. The van der Waals surface area contributed by atoms with Gasteiger partial charge in [0.1, 0.15) is 5.82 Å². The molecule has 3 rings (SSSR count). The van der Waals surface area contributed by atoms with E-state index in [2.05, 4.69) is 4.98 Å². The molecular weight excluding hydrogens is 272 g/mol. The zero-order valence-corrected chi connectivity index (χ0v) is 11.4. The van der Waals surface area contributed by atoms with Crippen LogP contribution in [0.5, 0.6) is 0 Å². The largest absolute Gasteiger partial charge is 0.478 e. The number of aliphatic hydroxyl groups excluding tert-OH is 1. The maximum Gasteiger partial charge on any atom is 0.336 e. The number of morpholine rings is 1. The van der Waals surface area contributed by atoms with E-state index in [4.69, 9.17) is 4.74 Å². The van der Waals surface area contributed by atoms with E-state index in [0.717, 1.165) is 5.82 Å². The van der Waals surface area contributed by atoms with Gasteiger partial charge in [0.05, 0.1) is 36.9 Å². The van der Waals surface area contributed by atoms with Gasteiger partial charge in [-0.2, -0.15) is 0 Å². The highest BCUT2D eigenvalue weighted by Gasteiger charge is 2.23. The smallest absolute Gasteiger partial charge is 0.336 e. The van der Waals surface area contributed by atoms with Gasteiger partial charge in [-0.15, -0.1) is 0 Å². The Labute approximate surface area is 121 Å². The van der Waals surface area contributed by atoms with Crippen LogP contribution >= 0.6 is 0 Å². The van der Waals surface area contributed by atoms with Crippen molar-refractivity contribution >= 4 is 22.7 Å². The van der Waals surface area contributed by atoms with Crippen LogP contribution in [-0.2, 0) is 4.74 Å². The van der Waals surface area contributed by atoms with Gasteiger partial charge in [0.2, 0.25) is 0 Å². The molecule has 2 N–H and O–H groups in total. The van der Waals surface area contributed by atoms with Crippen LogP contribution in [0.2, 0.25) is 0 Å². The zero-order valence-electron chi connectivity index (χ0n) is 11.4. The summed E-state index contributed by atoms with van der Waals surface area (Å²) in [6, 6.07) is 8.49. The Kier molecular flexibility index (Phi) is 3.72. The van der Waals surface area contributed by atoms with Gasteiger partial charge in [-0.3, -0.25) is 0 Å². The summed E-state index contributed by atoms with van der Waals surface area (Å²) < 4.78 is 5.36. The number of nitrogens with zero attached hydrogens (tertiary/aromatic N) is 2. The average Bonchev–Trinajstić information content (AvgIpc) is 2.53. The van der Waals surface area contributed by atoms with E-state index < -0.39 is 5.97 Å². The molecule has 2 aromatic rings. The number of hydrogen-bond acceptors (Lipinski definition) is 5. The Morgan fingerprint density at radius 1 is 1.38 bits per heavy atom. The summed E-state index contributed by atoms with van der Waals surface area (Å²) in [4.78, 5) is 17.7. The van der Waals surface area contributed by atoms with E-state index in [9.17, 15) is 15.0 Å². The first kappa shape index (κ1) is 13.8. The van der Waals surface area contributed by atoms with Crippen LogP contribution in [0.25, 0.3) is 10.9 Å². The molecule has 0 amide bonds. The van der Waals surface area contributed by atoms with E-state index in [1.165, 1.54) is 0 Å². The highest BCUT2D eigenvalue weighted by molar-refractivity contribution is 6.02. The van der Waals surface area contributed by atoms with Crippen LogP contribution in [0.1, 0.15) is 10.4 Å². The van der Waals surface area contributed by atoms with Crippen molar-refractivity contribution < 1.29 is 19.7 Å². The van der Waals surface area contributed by atoms with Gasteiger partial charge >= 0.3 is 5.97 Å². The van der Waals surface area contributed by atoms with Crippen molar-refractivity contribution in [3.63, 3.8) is 0 Å². The van der Waals surface area contributed by atoms with E-state index in [1.54, 1.807) is 30.3 Å². The average molecular weight is 288 g/mol. The number of fused-ring (bicyclic) bond motifs is 1. The van der Waals surface area contributed by atoms with Crippen LogP contribution in [0.3, 0.4) is 0 Å². The van der Waals surface area contributed by atoms with Gasteiger partial charge in [-0.1, -0.05) is 6.07 Å². The van der Waals surface area contributed by atoms with Crippen molar-refractivity contribution in [1.82, 2.24) is 4.98 Å². The zero-order chi connectivity index (χ0) is 14.8. The first-order valence-corrected chi connectivity index (χ1v) is 6.79. The second-order valence-electron chi connectivity index (χ2n) is 4.95. The molecule has 21 heavy (non-hydrogen) atoms. The number of ether oxygens (including phenoxy) is 1. The molecule has 0 radical (unpaired) electrons. The van der Waals surface area contributed by atoms with Crippen molar-refractivity contribution in [3.8, 4) is 0 Å². The summed E-state index contributed by atoms with van der Waals surface area (Å²) >= 11 is 0. The highest BCUT2D eigenvalue weighted by Crippen LogP contribution is 2.23. The molecule has 1 atom stereocenters. The molecule has 0 aliphatic carbocycles. The SMILES string of the molecule is O=C(O)c1cccc2nc(N3CCOCC3CO)ccc12. The van der Waals surface area contributed by atoms with Crippen LogP contribution in [0, 0.1) is 0 Å². The molecule has 1 fully saturated rings. The third-order valence-corrected chi connectivity index (χ3v) is 3.68. The molecule has 1 aliphatic heterocycles. The number of aromatic nitrogens is 1. The standard InChI is InChI=1S/C15H16N2O4/c18-8-10-9-21-7-6-17(10)14-5-4-11-12(15(19)20)2-1-3-13(11)16-14/h1-5,10,18H,6-9H2,(H,19,20). The molecule has 1 aromatic heterocycles. The minimum absolute atomic E-state index is 0.00508. The number of rotatable bonds is 3. The summed E-state index contributed by atoms with van der Waals surface area (Å²) in [5, 5.41) is 19.2.